The Labute approximate surface area is 42.5 Å². The van der Waals surface area contributed by atoms with Crippen LogP contribution >= 0.6 is 0 Å². The predicted octanol–water partition coefficient (Wildman–Crippen LogP) is 1.04. The summed E-state index contributed by atoms with van der Waals surface area (Å²) in [5.41, 5.74) is 0. The van der Waals surface area contributed by atoms with E-state index in [1.165, 1.54) is 6.08 Å². The molecule has 0 radical (unpaired) electrons. The lowest BCUT2D eigenvalue weighted by Gasteiger charge is -1.75. The minimum Gasteiger partial charge on any atom is -0.516 e. The first kappa shape index (κ1) is 6.21. The molecular weight excluding hydrogens is 92.1 g/mol. The highest BCUT2D eigenvalue weighted by Crippen LogP contribution is 1.83. The van der Waals surface area contributed by atoms with Gasteiger partial charge < -0.3 is 9.90 Å². The molecule has 0 spiro atoms. The summed E-state index contributed by atoms with van der Waals surface area (Å²) < 4.78 is 0. The van der Waals surface area contributed by atoms with E-state index in [0.29, 0.717) is 12.8 Å². The Morgan fingerprint density at radius 2 is 2.14 bits per heavy atom. The van der Waals surface area contributed by atoms with Gasteiger partial charge in [0.05, 0.1) is 6.26 Å². The normalized spacial score (nSPS) is 9.71. The molecule has 0 aliphatic heterocycles. The number of aliphatic hydroxyl groups excluding tert-OH is 1. The molecule has 0 atom stereocenters. The summed E-state index contributed by atoms with van der Waals surface area (Å²) in [6.45, 7) is 0. The van der Waals surface area contributed by atoms with Crippen LogP contribution in [0.2, 0.25) is 0 Å². The van der Waals surface area contributed by atoms with Crippen LogP contribution in [-0.4, -0.2) is 11.4 Å². The van der Waals surface area contributed by atoms with E-state index < -0.39 is 0 Å². The first-order valence-corrected chi connectivity index (χ1v) is 2.14. The second-order valence-electron chi connectivity index (χ2n) is 1.13. The summed E-state index contributed by atoms with van der Waals surface area (Å²) in [4.78, 5) is 9.56. The Balaban J connectivity index is 2.82. The Morgan fingerprint density at radius 1 is 1.43 bits per heavy atom. The molecule has 7 heavy (non-hydrogen) atoms. The molecule has 0 aromatic carbocycles. The van der Waals surface area contributed by atoms with Crippen LogP contribution in [0.3, 0.4) is 0 Å². The fourth-order valence-corrected chi connectivity index (χ4v) is 0.239. The van der Waals surface area contributed by atoms with Crippen molar-refractivity contribution in [1.29, 1.82) is 0 Å². The van der Waals surface area contributed by atoms with Crippen molar-refractivity contribution in [2.45, 2.75) is 12.8 Å². The molecule has 0 aliphatic rings. The number of rotatable bonds is 3. The summed E-state index contributed by atoms with van der Waals surface area (Å²) in [5.74, 6) is 0. The largest absolute Gasteiger partial charge is 0.516 e. The van der Waals surface area contributed by atoms with Crippen molar-refractivity contribution in [3.05, 3.63) is 12.3 Å². The molecule has 0 unspecified atom stereocenters. The topological polar surface area (TPSA) is 37.3 Å². The van der Waals surface area contributed by atoms with Gasteiger partial charge in [-0.2, -0.15) is 0 Å². The van der Waals surface area contributed by atoms with Crippen LogP contribution in [-0.2, 0) is 4.79 Å². The minimum absolute atomic E-state index is 0.497. The minimum atomic E-state index is 0.497. The van der Waals surface area contributed by atoms with Gasteiger partial charge in [0.1, 0.15) is 6.29 Å². The molecule has 2 nitrogen and oxygen atoms in total. The molecule has 40 valence electrons. The molecule has 0 fully saturated rings. The highest BCUT2D eigenvalue weighted by molar-refractivity contribution is 5.49. The molecule has 0 bridgehead atoms. The lowest BCUT2D eigenvalue weighted by atomic mass is 10.3. The summed E-state index contributed by atoms with van der Waals surface area (Å²) in [7, 11) is 0. The van der Waals surface area contributed by atoms with Gasteiger partial charge in [-0.1, -0.05) is 0 Å². The zero-order chi connectivity index (χ0) is 5.54. The van der Waals surface area contributed by atoms with Crippen LogP contribution in [0.4, 0.5) is 0 Å². The third-order valence-electron chi connectivity index (χ3n) is 0.557. The molecule has 0 aliphatic carbocycles. The number of aliphatic hydroxyl groups is 1. The van der Waals surface area contributed by atoms with Crippen LogP contribution in [0.5, 0.6) is 0 Å². The van der Waals surface area contributed by atoms with Crippen molar-refractivity contribution in [3.8, 4) is 0 Å². The Bertz CT molecular complexity index is 66.5. The van der Waals surface area contributed by atoms with E-state index in [-0.39, 0.29) is 0 Å². The van der Waals surface area contributed by atoms with Crippen LogP contribution in [0.15, 0.2) is 12.3 Å². The van der Waals surface area contributed by atoms with Crippen LogP contribution < -0.4 is 0 Å². The fraction of sp³-hybridized carbons (Fsp3) is 0.400. The molecule has 0 aromatic rings. The number of aldehydes is 1. The average molecular weight is 100 g/mol. The molecule has 0 rings (SSSR count). The highest BCUT2D eigenvalue weighted by atomic mass is 16.2. The Morgan fingerprint density at radius 3 is 2.57 bits per heavy atom. The van der Waals surface area contributed by atoms with Crippen molar-refractivity contribution in [2.75, 3.05) is 0 Å². The number of unbranched alkanes of at least 4 members (excludes halogenated alkanes) is 1. The van der Waals surface area contributed by atoms with Gasteiger partial charge in [-0.05, 0) is 12.5 Å². The summed E-state index contributed by atoms with van der Waals surface area (Å²) >= 11 is 0. The maximum Gasteiger partial charge on any atom is 0.120 e. The maximum atomic E-state index is 9.56. The molecular formula is C5H8O2. The lowest BCUT2D eigenvalue weighted by molar-refractivity contribution is -0.107. The van der Waals surface area contributed by atoms with Crippen molar-refractivity contribution in [1.82, 2.24) is 0 Å². The van der Waals surface area contributed by atoms with E-state index >= 15 is 0 Å². The van der Waals surface area contributed by atoms with Gasteiger partial charge >= 0.3 is 0 Å². The van der Waals surface area contributed by atoms with Crippen LogP contribution in [0, 0.1) is 0 Å². The van der Waals surface area contributed by atoms with Gasteiger partial charge in [0.15, 0.2) is 0 Å². The third-order valence-corrected chi connectivity index (χ3v) is 0.557. The first-order valence-electron chi connectivity index (χ1n) is 2.14. The Hall–Kier alpha value is -0.790. The van der Waals surface area contributed by atoms with Gasteiger partial charge in [-0.15, -0.1) is 0 Å². The van der Waals surface area contributed by atoms with Gasteiger partial charge in [-0.25, -0.2) is 0 Å². The first-order chi connectivity index (χ1) is 3.41. The quantitative estimate of drug-likeness (QED) is 0.327. The van der Waals surface area contributed by atoms with Crippen LogP contribution in [0.1, 0.15) is 12.8 Å². The number of carbonyl (C=O) groups excluding carboxylic acids is 1. The summed E-state index contributed by atoms with van der Waals surface area (Å²) in [6, 6.07) is 0. The average Bonchev–Trinajstić information content (AvgIpc) is 1.69. The van der Waals surface area contributed by atoms with Gasteiger partial charge in [0.25, 0.3) is 0 Å². The molecule has 0 amide bonds. The van der Waals surface area contributed by atoms with E-state index in [1.54, 1.807) is 0 Å². The van der Waals surface area contributed by atoms with Gasteiger partial charge in [0, 0.05) is 6.42 Å². The summed E-state index contributed by atoms with van der Waals surface area (Å²) in [6.07, 6.45) is 4.44. The molecule has 0 aromatic heterocycles. The van der Waals surface area contributed by atoms with Crippen molar-refractivity contribution < 1.29 is 9.90 Å². The number of carbonyl (C=O) groups is 1. The maximum absolute atomic E-state index is 9.56. The number of allylic oxidation sites excluding steroid dienone is 1. The zero-order valence-electron chi connectivity index (χ0n) is 4.00. The molecule has 0 saturated heterocycles. The smallest absolute Gasteiger partial charge is 0.120 e. The summed E-state index contributed by atoms with van der Waals surface area (Å²) in [5, 5.41) is 8.00. The van der Waals surface area contributed by atoms with Gasteiger partial charge in [0.2, 0.25) is 0 Å². The molecule has 1 N–H and O–H groups in total. The molecule has 0 heterocycles. The highest BCUT2D eigenvalue weighted by Gasteiger charge is 1.73. The van der Waals surface area contributed by atoms with Gasteiger partial charge in [-0.3, -0.25) is 0 Å². The van der Waals surface area contributed by atoms with E-state index in [0.717, 1.165) is 12.5 Å². The molecule has 2 heteroatoms. The van der Waals surface area contributed by atoms with E-state index in [4.69, 9.17) is 5.11 Å². The molecule has 0 saturated carbocycles. The second-order valence-corrected chi connectivity index (χ2v) is 1.13. The van der Waals surface area contributed by atoms with Crippen molar-refractivity contribution >= 4 is 6.29 Å². The monoisotopic (exact) mass is 100 g/mol. The second kappa shape index (κ2) is 5.21. The van der Waals surface area contributed by atoms with E-state index in [2.05, 4.69) is 0 Å². The van der Waals surface area contributed by atoms with E-state index in [1.807, 2.05) is 0 Å². The number of hydrogen-bond acceptors (Lipinski definition) is 2. The van der Waals surface area contributed by atoms with E-state index in [9.17, 15) is 4.79 Å². The van der Waals surface area contributed by atoms with Crippen molar-refractivity contribution in [3.63, 3.8) is 0 Å². The predicted molar refractivity (Wildman–Crippen MR) is 27.1 cm³/mol. The van der Waals surface area contributed by atoms with Crippen molar-refractivity contribution in [2.24, 2.45) is 0 Å². The standard InChI is InChI=1S/C5H8O2/c6-4-2-1-3-5-7/h2,4-6H,1,3H2/b4-2-. The lowest BCUT2D eigenvalue weighted by Crippen LogP contribution is -1.68. The third kappa shape index (κ3) is 5.21. The number of hydrogen-bond donors (Lipinski definition) is 1. The van der Waals surface area contributed by atoms with Crippen LogP contribution in [0.25, 0.3) is 0 Å². The fourth-order valence-electron chi connectivity index (χ4n) is 0.239. The Kier molecular flexibility index (Phi) is 4.62. The SMILES string of the molecule is O=CCC/C=C\O. The zero-order valence-corrected chi connectivity index (χ0v) is 4.00.